The summed E-state index contributed by atoms with van der Waals surface area (Å²) in [6.07, 6.45) is 12.1. The maximum absolute atomic E-state index is 4.72. The molecule has 0 saturated carbocycles. The molecule has 0 aromatic carbocycles. The van der Waals surface area contributed by atoms with E-state index in [2.05, 4.69) is 55.8 Å². The summed E-state index contributed by atoms with van der Waals surface area (Å²) in [4.78, 5) is 11.8. The van der Waals surface area contributed by atoms with Gasteiger partial charge >= 0.3 is 0 Å². The normalized spacial score (nSPS) is 20.3. The largest absolute Gasteiger partial charge is 0.370 e. The van der Waals surface area contributed by atoms with Crippen LogP contribution in [-0.4, -0.2) is 71.5 Å². The minimum absolute atomic E-state index is 0.459. The fraction of sp³-hybridized carbons (Fsp3) is 0.667. The number of aromatic nitrogens is 4. The van der Waals surface area contributed by atoms with Crippen molar-refractivity contribution in [3.63, 3.8) is 0 Å². The summed E-state index contributed by atoms with van der Waals surface area (Å²) in [5.74, 6) is 2.70. The number of anilines is 2. The van der Waals surface area contributed by atoms with E-state index in [-0.39, 0.29) is 0 Å². The van der Waals surface area contributed by atoms with Crippen LogP contribution in [0.3, 0.4) is 0 Å². The topological polar surface area (TPSA) is 53.3 Å². The number of rotatable bonds is 7. The zero-order valence-electron chi connectivity index (χ0n) is 17.3. The molecule has 2 aromatic rings. The van der Waals surface area contributed by atoms with Gasteiger partial charge in [-0.1, -0.05) is 0 Å². The van der Waals surface area contributed by atoms with Crippen LogP contribution < -0.4 is 9.80 Å². The lowest BCUT2D eigenvalue weighted by molar-refractivity contribution is 0.380. The molecule has 28 heavy (non-hydrogen) atoms. The standard InChI is InChI=1S/C21H33N7/c1-25(2)9-6-13-27-14-8-22-21(27)18-7-5-12-28(17-18)20-15-19(16-23-24-20)26-10-3-4-11-26/h8,14-16,18H,3-7,9-13,17H2,1-2H3. The van der Waals surface area contributed by atoms with Crippen molar-refractivity contribution in [3.05, 3.63) is 30.5 Å². The molecule has 1 unspecified atom stereocenters. The second-order valence-electron chi connectivity index (χ2n) is 8.39. The number of aryl methyl sites for hydroxylation is 1. The van der Waals surface area contributed by atoms with Crippen LogP contribution in [0, 0.1) is 0 Å². The average Bonchev–Trinajstić information content (AvgIpc) is 3.40. The summed E-state index contributed by atoms with van der Waals surface area (Å²) in [5, 5.41) is 8.77. The van der Waals surface area contributed by atoms with Gasteiger partial charge in [-0.25, -0.2) is 4.98 Å². The molecule has 2 aliphatic heterocycles. The van der Waals surface area contributed by atoms with Crippen molar-refractivity contribution in [1.82, 2.24) is 24.6 Å². The van der Waals surface area contributed by atoms with Crippen LogP contribution in [0.15, 0.2) is 24.7 Å². The molecule has 152 valence electrons. The van der Waals surface area contributed by atoms with E-state index in [0.717, 1.165) is 51.5 Å². The summed E-state index contributed by atoms with van der Waals surface area (Å²) >= 11 is 0. The van der Waals surface area contributed by atoms with Gasteiger partial charge in [0.2, 0.25) is 0 Å². The Morgan fingerprint density at radius 1 is 1.11 bits per heavy atom. The maximum Gasteiger partial charge on any atom is 0.153 e. The smallest absolute Gasteiger partial charge is 0.153 e. The molecular weight excluding hydrogens is 350 g/mol. The van der Waals surface area contributed by atoms with E-state index in [1.807, 2.05) is 12.4 Å². The highest BCUT2D eigenvalue weighted by atomic mass is 15.3. The fourth-order valence-electron chi connectivity index (χ4n) is 4.47. The SMILES string of the molecule is CN(C)CCCn1ccnc1C1CCCN(c2cc(N3CCCC3)cnn2)C1. The first-order valence-corrected chi connectivity index (χ1v) is 10.7. The lowest BCUT2D eigenvalue weighted by Crippen LogP contribution is -2.36. The van der Waals surface area contributed by atoms with E-state index in [1.165, 1.54) is 37.2 Å². The van der Waals surface area contributed by atoms with Gasteiger partial charge in [0, 0.05) is 57.1 Å². The van der Waals surface area contributed by atoms with Gasteiger partial charge in [0.1, 0.15) is 5.82 Å². The average molecular weight is 384 g/mol. The van der Waals surface area contributed by atoms with Crippen molar-refractivity contribution in [3.8, 4) is 0 Å². The number of hydrogen-bond acceptors (Lipinski definition) is 6. The maximum atomic E-state index is 4.72. The van der Waals surface area contributed by atoms with E-state index in [1.54, 1.807) is 0 Å². The Hall–Kier alpha value is -2.15. The monoisotopic (exact) mass is 383 g/mol. The first kappa shape index (κ1) is 19.2. The van der Waals surface area contributed by atoms with Crippen LogP contribution >= 0.6 is 0 Å². The second-order valence-corrected chi connectivity index (χ2v) is 8.39. The molecule has 0 radical (unpaired) electrons. The Morgan fingerprint density at radius 2 is 1.93 bits per heavy atom. The van der Waals surface area contributed by atoms with E-state index in [9.17, 15) is 0 Å². The zero-order valence-corrected chi connectivity index (χ0v) is 17.3. The molecule has 0 bridgehead atoms. The molecule has 2 aromatic heterocycles. The molecule has 2 aliphatic rings. The van der Waals surface area contributed by atoms with Crippen molar-refractivity contribution in [1.29, 1.82) is 0 Å². The molecule has 0 spiro atoms. The number of piperidine rings is 1. The van der Waals surface area contributed by atoms with Crippen LogP contribution in [0.2, 0.25) is 0 Å². The van der Waals surface area contributed by atoms with Crippen LogP contribution in [0.4, 0.5) is 11.5 Å². The van der Waals surface area contributed by atoms with Gasteiger partial charge in [-0.2, -0.15) is 5.10 Å². The summed E-state index contributed by atoms with van der Waals surface area (Å²) < 4.78 is 2.35. The van der Waals surface area contributed by atoms with Gasteiger partial charge in [-0.05, 0) is 52.7 Å². The third-order valence-corrected chi connectivity index (χ3v) is 5.96. The van der Waals surface area contributed by atoms with Crippen LogP contribution in [0.5, 0.6) is 0 Å². The highest BCUT2D eigenvalue weighted by Crippen LogP contribution is 2.30. The van der Waals surface area contributed by atoms with Gasteiger partial charge in [0.25, 0.3) is 0 Å². The van der Waals surface area contributed by atoms with E-state index in [0.29, 0.717) is 5.92 Å². The zero-order chi connectivity index (χ0) is 19.3. The molecule has 0 aliphatic carbocycles. The summed E-state index contributed by atoms with van der Waals surface area (Å²) in [6, 6.07) is 2.23. The minimum Gasteiger partial charge on any atom is -0.370 e. The predicted molar refractivity (Wildman–Crippen MR) is 113 cm³/mol. The van der Waals surface area contributed by atoms with Gasteiger partial charge in [-0.3, -0.25) is 0 Å². The Balaban J connectivity index is 1.44. The third kappa shape index (κ3) is 4.46. The molecule has 0 N–H and O–H groups in total. The van der Waals surface area contributed by atoms with Crippen molar-refractivity contribution < 1.29 is 0 Å². The van der Waals surface area contributed by atoms with Gasteiger partial charge in [-0.15, -0.1) is 5.10 Å². The van der Waals surface area contributed by atoms with Crippen LogP contribution in [0.25, 0.3) is 0 Å². The number of hydrogen-bond donors (Lipinski definition) is 0. The van der Waals surface area contributed by atoms with Crippen molar-refractivity contribution in [2.24, 2.45) is 0 Å². The summed E-state index contributed by atoms with van der Waals surface area (Å²) in [6.45, 7) is 6.44. The molecule has 7 heteroatoms. The van der Waals surface area contributed by atoms with Crippen molar-refractivity contribution in [2.45, 2.75) is 44.6 Å². The number of nitrogens with zero attached hydrogens (tertiary/aromatic N) is 7. The molecule has 2 fully saturated rings. The molecule has 0 amide bonds. The second kappa shape index (κ2) is 8.90. The first-order chi connectivity index (χ1) is 13.7. The molecular formula is C21H33N7. The quantitative estimate of drug-likeness (QED) is 0.733. The Bertz CT molecular complexity index is 751. The predicted octanol–water partition coefficient (Wildman–Crippen LogP) is 2.61. The molecule has 1 atom stereocenters. The molecule has 4 heterocycles. The minimum atomic E-state index is 0.459. The van der Waals surface area contributed by atoms with E-state index < -0.39 is 0 Å². The summed E-state index contributed by atoms with van der Waals surface area (Å²) in [5.41, 5.74) is 1.22. The summed E-state index contributed by atoms with van der Waals surface area (Å²) in [7, 11) is 4.26. The Labute approximate surface area is 168 Å². The van der Waals surface area contributed by atoms with E-state index in [4.69, 9.17) is 4.98 Å². The lowest BCUT2D eigenvalue weighted by Gasteiger charge is -2.33. The number of imidazole rings is 1. The van der Waals surface area contributed by atoms with Crippen molar-refractivity contribution >= 4 is 11.5 Å². The van der Waals surface area contributed by atoms with Gasteiger partial charge in [0.15, 0.2) is 5.82 Å². The Morgan fingerprint density at radius 3 is 2.75 bits per heavy atom. The molecule has 7 nitrogen and oxygen atoms in total. The molecule has 4 rings (SSSR count). The first-order valence-electron chi connectivity index (χ1n) is 10.7. The van der Waals surface area contributed by atoms with Gasteiger partial charge in [0.05, 0.1) is 11.9 Å². The third-order valence-electron chi connectivity index (χ3n) is 5.96. The van der Waals surface area contributed by atoms with E-state index >= 15 is 0 Å². The lowest BCUT2D eigenvalue weighted by atomic mass is 9.97. The highest BCUT2D eigenvalue weighted by molar-refractivity contribution is 5.54. The van der Waals surface area contributed by atoms with Crippen molar-refractivity contribution in [2.75, 3.05) is 56.6 Å². The van der Waals surface area contributed by atoms with Crippen LogP contribution in [0.1, 0.15) is 43.8 Å². The molecule has 2 saturated heterocycles. The van der Waals surface area contributed by atoms with Crippen LogP contribution in [-0.2, 0) is 6.54 Å². The Kier molecular flexibility index (Phi) is 6.10. The highest BCUT2D eigenvalue weighted by Gasteiger charge is 2.26. The van der Waals surface area contributed by atoms with Gasteiger partial charge < -0.3 is 19.3 Å². The fourth-order valence-corrected chi connectivity index (χ4v) is 4.47.